The molecule has 80 valence electrons. The summed E-state index contributed by atoms with van der Waals surface area (Å²) < 4.78 is 18.5. The van der Waals surface area contributed by atoms with Crippen LogP contribution in [0.5, 0.6) is 0 Å². The van der Waals surface area contributed by atoms with Crippen molar-refractivity contribution in [2.24, 2.45) is 0 Å². The van der Waals surface area contributed by atoms with Crippen LogP contribution >= 0.6 is 0 Å². The van der Waals surface area contributed by atoms with E-state index in [0.717, 1.165) is 5.56 Å². The average Bonchev–Trinajstić information content (AvgIpc) is 2.27. The van der Waals surface area contributed by atoms with E-state index in [1.54, 1.807) is 25.1 Å². The Morgan fingerprint density at radius 1 is 1.31 bits per heavy atom. The van der Waals surface area contributed by atoms with Crippen LogP contribution in [0.25, 0.3) is 5.76 Å². The Labute approximate surface area is 93.0 Å². The Morgan fingerprint density at radius 3 is 2.38 bits per heavy atom. The summed E-state index contributed by atoms with van der Waals surface area (Å²) >= 11 is 0. The highest BCUT2D eigenvalue weighted by molar-refractivity contribution is 5.71. The summed E-state index contributed by atoms with van der Waals surface area (Å²) in [5, 5.41) is 17.4. The molecule has 0 spiro atoms. The lowest BCUT2D eigenvalue weighted by atomic mass is 10.1. The number of methoxy groups -OCH3 is 1. The second-order valence-electron chi connectivity index (χ2n) is 3.12. The number of aryl methyl sites for hydroxylation is 1. The summed E-state index contributed by atoms with van der Waals surface area (Å²) in [5.74, 6) is -0.553. The molecule has 0 N–H and O–H groups in total. The molecule has 1 rings (SSSR count). The van der Waals surface area contributed by atoms with Crippen LogP contribution in [0.2, 0.25) is 0 Å². The Balaban J connectivity index is 3.43. The molecular formula is C12H9FN2O. The van der Waals surface area contributed by atoms with E-state index in [0.29, 0.717) is 0 Å². The number of ether oxygens (including phenoxy) is 1. The lowest BCUT2D eigenvalue weighted by Gasteiger charge is -2.07. The Bertz CT molecular complexity index is 505. The van der Waals surface area contributed by atoms with Crippen LogP contribution in [0.4, 0.5) is 4.39 Å². The molecule has 0 radical (unpaired) electrons. The topological polar surface area (TPSA) is 56.8 Å². The third-order valence-corrected chi connectivity index (χ3v) is 2.02. The molecule has 0 bridgehead atoms. The first kappa shape index (κ1) is 11.7. The number of hydrogen-bond acceptors (Lipinski definition) is 3. The number of hydrogen-bond donors (Lipinski definition) is 0. The zero-order chi connectivity index (χ0) is 12.1. The molecule has 1 aromatic carbocycles. The maximum atomic E-state index is 13.6. The smallest absolute Gasteiger partial charge is 0.172 e. The van der Waals surface area contributed by atoms with E-state index in [2.05, 4.69) is 0 Å². The van der Waals surface area contributed by atoms with E-state index < -0.39 is 5.82 Å². The van der Waals surface area contributed by atoms with Crippen LogP contribution in [0.1, 0.15) is 11.1 Å². The zero-order valence-electron chi connectivity index (χ0n) is 8.91. The summed E-state index contributed by atoms with van der Waals surface area (Å²) in [7, 11) is 1.29. The van der Waals surface area contributed by atoms with Crippen molar-refractivity contribution in [2.45, 2.75) is 6.92 Å². The fraction of sp³-hybridized carbons (Fsp3) is 0.167. The quantitative estimate of drug-likeness (QED) is 0.563. The largest absolute Gasteiger partial charge is 0.494 e. The maximum absolute atomic E-state index is 13.6. The van der Waals surface area contributed by atoms with E-state index in [1.165, 1.54) is 19.2 Å². The number of rotatable bonds is 2. The number of nitrogens with zero attached hydrogens (tertiary/aromatic N) is 2. The van der Waals surface area contributed by atoms with Crippen molar-refractivity contribution in [3.63, 3.8) is 0 Å². The fourth-order valence-corrected chi connectivity index (χ4v) is 1.28. The van der Waals surface area contributed by atoms with E-state index in [1.807, 2.05) is 0 Å². The van der Waals surface area contributed by atoms with Gasteiger partial charge in [-0.15, -0.1) is 0 Å². The predicted molar refractivity (Wildman–Crippen MR) is 56.3 cm³/mol. The lowest BCUT2D eigenvalue weighted by Crippen LogP contribution is -1.96. The molecule has 0 aliphatic rings. The minimum absolute atomic E-state index is 0.0394. The third-order valence-electron chi connectivity index (χ3n) is 2.02. The standard InChI is InChI=1S/C12H9FN2O/c1-8-3-4-10(11(13)5-8)12(16-2)9(6-14)7-15/h3-5H,1-2H3. The molecule has 0 saturated heterocycles. The second kappa shape index (κ2) is 4.95. The van der Waals surface area contributed by atoms with Gasteiger partial charge in [0.25, 0.3) is 0 Å². The maximum Gasteiger partial charge on any atom is 0.172 e. The van der Waals surface area contributed by atoms with Crippen molar-refractivity contribution in [2.75, 3.05) is 7.11 Å². The highest BCUT2D eigenvalue weighted by Gasteiger charge is 2.14. The second-order valence-corrected chi connectivity index (χ2v) is 3.12. The molecular weight excluding hydrogens is 207 g/mol. The molecule has 0 aromatic heterocycles. The first-order valence-corrected chi connectivity index (χ1v) is 4.49. The van der Waals surface area contributed by atoms with Crippen molar-refractivity contribution >= 4 is 5.76 Å². The first-order valence-electron chi connectivity index (χ1n) is 4.49. The molecule has 3 nitrogen and oxygen atoms in total. The molecule has 16 heavy (non-hydrogen) atoms. The fourth-order valence-electron chi connectivity index (χ4n) is 1.28. The van der Waals surface area contributed by atoms with Gasteiger partial charge in [0.05, 0.1) is 12.7 Å². The van der Waals surface area contributed by atoms with E-state index in [4.69, 9.17) is 15.3 Å². The van der Waals surface area contributed by atoms with Gasteiger partial charge in [-0.2, -0.15) is 10.5 Å². The van der Waals surface area contributed by atoms with Crippen LogP contribution in [0, 0.1) is 35.4 Å². The molecule has 0 heterocycles. The van der Waals surface area contributed by atoms with Crippen molar-refractivity contribution in [3.05, 3.63) is 40.7 Å². The van der Waals surface area contributed by atoms with Gasteiger partial charge in [-0.25, -0.2) is 4.39 Å². The Morgan fingerprint density at radius 2 is 1.94 bits per heavy atom. The van der Waals surface area contributed by atoms with E-state index in [-0.39, 0.29) is 16.9 Å². The van der Waals surface area contributed by atoms with Gasteiger partial charge in [0.1, 0.15) is 18.0 Å². The van der Waals surface area contributed by atoms with Crippen LogP contribution in [0.15, 0.2) is 23.8 Å². The van der Waals surface area contributed by atoms with E-state index >= 15 is 0 Å². The molecule has 0 atom stereocenters. The number of benzene rings is 1. The summed E-state index contributed by atoms with van der Waals surface area (Å²) in [6.07, 6.45) is 0. The minimum Gasteiger partial charge on any atom is -0.494 e. The van der Waals surface area contributed by atoms with Gasteiger partial charge in [0.15, 0.2) is 11.3 Å². The average molecular weight is 216 g/mol. The highest BCUT2D eigenvalue weighted by Crippen LogP contribution is 2.22. The number of nitriles is 2. The molecule has 0 unspecified atom stereocenters. The summed E-state index contributed by atoms with van der Waals surface area (Å²) in [6, 6.07) is 7.83. The molecule has 0 aliphatic heterocycles. The van der Waals surface area contributed by atoms with Gasteiger partial charge in [-0.05, 0) is 24.6 Å². The summed E-state index contributed by atoms with van der Waals surface area (Å²) in [4.78, 5) is 0. The van der Waals surface area contributed by atoms with Gasteiger partial charge in [0, 0.05) is 0 Å². The normalized spacial score (nSPS) is 8.81. The monoisotopic (exact) mass is 216 g/mol. The van der Waals surface area contributed by atoms with Crippen LogP contribution in [-0.2, 0) is 4.74 Å². The van der Waals surface area contributed by atoms with Gasteiger partial charge in [0.2, 0.25) is 0 Å². The van der Waals surface area contributed by atoms with Crippen molar-refractivity contribution in [1.29, 1.82) is 10.5 Å². The van der Waals surface area contributed by atoms with E-state index in [9.17, 15) is 4.39 Å². The zero-order valence-corrected chi connectivity index (χ0v) is 8.91. The van der Waals surface area contributed by atoms with Crippen LogP contribution in [0.3, 0.4) is 0 Å². The van der Waals surface area contributed by atoms with Crippen LogP contribution < -0.4 is 0 Å². The van der Waals surface area contributed by atoms with Gasteiger partial charge in [-0.1, -0.05) is 6.07 Å². The molecule has 0 saturated carbocycles. The molecule has 4 heteroatoms. The van der Waals surface area contributed by atoms with Gasteiger partial charge in [-0.3, -0.25) is 0 Å². The van der Waals surface area contributed by atoms with Crippen molar-refractivity contribution < 1.29 is 9.13 Å². The van der Waals surface area contributed by atoms with Gasteiger partial charge >= 0.3 is 0 Å². The third kappa shape index (κ3) is 2.18. The Hall–Kier alpha value is -2.33. The number of allylic oxidation sites excluding steroid dienone is 1. The lowest BCUT2D eigenvalue weighted by molar-refractivity contribution is 0.366. The molecule has 0 amide bonds. The molecule has 0 fully saturated rings. The SMILES string of the molecule is COC(=C(C#N)C#N)c1ccc(C)cc1F. The summed E-state index contributed by atoms with van der Waals surface area (Å²) in [5.41, 5.74) is 0.628. The first-order chi connectivity index (χ1) is 7.63. The minimum atomic E-state index is -0.514. The molecule has 0 aliphatic carbocycles. The van der Waals surface area contributed by atoms with Crippen molar-refractivity contribution in [3.8, 4) is 12.1 Å². The van der Waals surface area contributed by atoms with Crippen LogP contribution in [-0.4, -0.2) is 7.11 Å². The summed E-state index contributed by atoms with van der Waals surface area (Å²) in [6.45, 7) is 1.75. The van der Waals surface area contributed by atoms with Crippen molar-refractivity contribution in [1.82, 2.24) is 0 Å². The highest BCUT2D eigenvalue weighted by atomic mass is 19.1. The van der Waals surface area contributed by atoms with Gasteiger partial charge < -0.3 is 4.74 Å². The number of halogens is 1. The Kier molecular flexibility index (Phi) is 3.63. The molecule has 1 aromatic rings. The predicted octanol–water partition coefficient (Wildman–Crippen LogP) is 2.54.